The summed E-state index contributed by atoms with van der Waals surface area (Å²) in [5, 5.41) is 31.8. The van der Waals surface area contributed by atoms with E-state index in [2.05, 4.69) is 10.1 Å². The molecule has 1 fully saturated rings. The third kappa shape index (κ3) is 2.72. The second kappa shape index (κ2) is 6.06. The van der Waals surface area contributed by atoms with Crippen LogP contribution in [-0.4, -0.2) is 90.5 Å². The van der Waals surface area contributed by atoms with Gasteiger partial charge in [0, 0.05) is 0 Å². The predicted molar refractivity (Wildman–Crippen MR) is 58.7 cm³/mol. The summed E-state index contributed by atoms with van der Waals surface area (Å²) in [4.78, 5) is 14.4. The fraction of sp³-hybridized carbons (Fsp3) is 0.625. The fourth-order valence-electron chi connectivity index (χ4n) is 1.61. The van der Waals surface area contributed by atoms with E-state index in [1.54, 1.807) is 0 Å². The molecule has 2 heterocycles. The quantitative estimate of drug-likeness (QED) is 0.413. The van der Waals surface area contributed by atoms with Crippen LogP contribution < -0.4 is 5.73 Å². The van der Waals surface area contributed by atoms with Crippen molar-refractivity contribution in [1.82, 2.24) is 14.8 Å². The maximum absolute atomic E-state index is 10.8. The molecule has 0 saturated carbocycles. The molecule has 0 aliphatic carbocycles. The fourth-order valence-corrected chi connectivity index (χ4v) is 1.61. The minimum absolute atomic E-state index is 0. The van der Waals surface area contributed by atoms with Crippen LogP contribution in [0.2, 0.25) is 0 Å². The molecule has 0 aromatic carbocycles. The molecule has 96 valence electrons. The van der Waals surface area contributed by atoms with Gasteiger partial charge in [0.15, 0.2) is 6.23 Å². The van der Waals surface area contributed by atoms with Gasteiger partial charge < -0.3 is 25.8 Å². The number of primary amides is 1. The summed E-state index contributed by atoms with van der Waals surface area (Å²) in [6.07, 6.45) is -3.26. The minimum atomic E-state index is -1.27. The molecule has 1 saturated heterocycles. The SMILES string of the molecule is NC(=O)c1ncn([C@@H]2O[C@H](CO)[C@@H](O)[C@H]2O)n1.[NaH]. The zero-order valence-electron chi connectivity index (χ0n) is 8.67. The molecule has 0 spiro atoms. The predicted octanol–water partition coefficient (Wildman–Crippen LogP) is -3.66. The second-order valence-electron chi connectivity index (χ2n) is 3.64. The molecule has 0 unspecified atom stereocenters. The number of nitrogens with two attached hydrogens (primary N) is 1. The Bertz CT molecular complexity index is 427. The first-order valence-corrected chi connectivity index (χ1v) is 4.88. The van der Waals surface area contributed by atoms with Gasteiger partial charge in [-0.15, -0.1) is 5.10 Å². The molecule has 4 atom stereocenters. The molecule has 9 nitrogen and oxygen atoms in total. The van der Waals surface area contributed by atoms with Crippen LogP contribution in [0, 0.1) is 0 Å². The van der Waals surface area contributed by atoms with Gasteiger partial charge >= 0.3 is 29.6 Å². The Morgan fingerprint density at radius 2 is 2.17 bits per heavy atom. The van der Waals surface area contributed by atoms with Crippen LogP contribution in [0.25, 0.3) is 0 Å². The van der Waals surface area contributed by atoms with Crippen molar-refractivity contribution < 1.29 is 24.9 Å². The number of nitrogens with zero attached hydrogens (tertiary/aromatic N) is 3. The van der Waals surface area contributed by atoms with Crippen molar-refractivity contribution in [2.24, 2.45) is 5.73 Å². The molecule has 5 N–H and O–H groups in total. The number of carbonyl (C=O) groups excluding carboxylic acids is 1. The van der Waals surface area contributed by atoms with E-state index in [-0.39, 0.29) is 35.4 Å². The third-order valence-corrected chi connectivity index (χ3v) is 2.51. The first kappa shape index (κ1) is 15.5. The summed E-state index contributed by atoms with van der Waals surface area (Å²) >= 11 is 0. The van der Waals surface area contributed by atoms with Crippen LogP contribution in [0.15, 0.2) is 6.33 Å². The number of rotatable bonds is 3. The van der Waals surface area contributed by atoms with Crippen molar-refractivity contribution >= 4 is 35.5 Å². The molecule has 1 amide bonds. The van der Waals surface area contributed by atoms with E-state index in [0.717, 1.165) is 11.0 Å². The Balaban J connectivity index is 0.00000162. The third-order valence-electron chi connectivity index (χ3n) is 2.51. The summed E-state index contributed by atoms with van der Waals surface area (Å²) in [5.74, 6) is -1.03. The zero-order valence-corrected chi connectivity index (χ0v) is 8.67. The van der Waals surface area contributed by atoms with Crippen LogP contribution in [0.4, 0.5) is 0 Å². The number of hydrogen-bond donors (Lipinski definition) is 4. The van der Waals surface area contributed by atoms with Gasteiger partial charge in [0.05, 0.1) is 6.61 Å². The van der Waals surface area contributed by atoms with E-state index in [1.807, 2.05) is 0 Å². The molecular formula is C8H13N4NaO5. The molecule has 18 heavy (non-hydrogen) atoms. The van der Waals surface area contributed by atoms with Crippen molar-refractivity contribution in [3.63, 3.8) is 0 Å². The summed E-state index contributed by atoms with van der Waals surface area (Å²) in [5.41, 5.74) is 4.97. The van der Waals surface area contributed by atoms with Gasteiger partial charge in [0.2, 0.25) is 5.82 Å². The second-order valence-corrected chi connectivity index (χ2v) is 3.64. The van der Waals surface area contributed by atoms with Crippen LogP contribution >= 0.6 is 0 Å². The first-order chi connectivity index (χ1) is 8.04. The molecule has 1 aliphatic heterocycles. The number of amides is 1. The molecule has 2 rings (SSSR count). The van der Waals surface area contributed by atoms with E-state index < -0.39 is 37.1 Å². The normalized spacial score (nSPS) is 31.1. The van der Waals surface area contributed by atoms with E-state index in [4.69, 9.17) is 15.6 Å². The first-order valence-electron chi connectivity index (χ1n) is 4.88. The molecular weight excluding hydrogens is 255 g/mol. The average Bonchev–Trinajstić information content (AvgIpc) is 2.87. The van der Waals surface area contributed by atoms with E-state index in [9.17, 15) is 15.0 Å². The number of hydrogen-bond acceptors (Lipinski definition) is 7. The van der Waals surface area contributed by atoms with E-state index in [1.165, 1.54) is 0 Å². The summed E-state index contributed by atoms with van der Waals surface area (Å²) < 4.78 is 6.25. The van der Waals surface area contributed by atoms with Crippen LogP contribution in [0.3, 0.4) is 0 Å². The molecule has 1 aromatic heterocycles. The van der Waals surface area contributed by atoms with Crippen molar-refractivity contribution in [3.8, 4) is 0 Å². The molecule has 0 bridgehead atoms. The monoisotopic (exact) mass is 268 g/mol. The number of aliphatic hydroxyl groups excluding tert-OH is 3. The van der Waals surface area contributed by atoms with Crippen molar-refractivity contribution in [2.45, 2.75) is 24.5 Å². The molecule has 10 heteroatoms. The Labute approximate surface area is 124 Å². The summed E-state index contributed by atoms with van der Waals surface area (Å²) in [6, 6.07) is 0. The van der Waals surface area contributed by atoms with E-state index in [0.29, 0.717) is 0 Å². The van der Waals surface area contributed by atoms with Gasteiger partial charge in [-0.1, -0.05) is 0 Å². The number of aliphatic hydroxyl groups is 3. The Morgan fingerprint density at radius 3 is 2.61 bits per heavy atom. The number of aromatic nitrogens is 3. The zero-order chi connectivity index (χ0) is 12.6. The topological polar surface area (TPSA) is 144 Å². The van der Waals surface area contributed by atoms with Crippen molar-refractivity contribution in [1.29, 1.82) is 0 Å². The van der Waals surface area contributed by atoms with Gasteiger partial charge in [-0.05, 0) is 0 Å². The van der Waals surface area contributed by atoms with Crippen molar-refractivity contribution in [3.05, 3.63) is 12.2 Å². The Kier molecular flexibility index (Phi) is 5.22. The van der Waals surface area contributed by atoms with Crippen molar-refractivity contribution in [2.75, 3.05) is 6.61 Å². The summed E-state index contributed by atoms with van der Waals surface area (Å²) in [6.45, 7) is -0.438. The molecule has 1 aromatic rings. The summed E-state index contributed by atoms with van der Waals surface area (Å²) in [7, 11) is 0. The molecule has 0 radical (unpaired) electrons. The average molecular weight is 268 g/mol. The van der Waals surface area contributed by atoms with Gasteiger partial charge in [-0.3, -0.25) is 4.79 Å². The van der Waals surface area contributed by atoms with Crippen LogP contribution in [-0.2, 0) is 4.74 Å². The standard InChI is InChI=1S/C8H12N4O5.Na.H/c9-6(16)7-10-2-12(11-7)8-5(15)4(14)3(1-13)17-8;;/h2-5,8,13-15H,1H2,(H2,9,16);;/t3-,4-,5-,8-;;/m1../s1. The van der Waals surface area contributed by atoms with Gasteiger partial charge in [-0.25, -0.2) is 9.67 Å². The Hall–Kier alpha value is -0.550. The maximum atomic E-state index is 10.8. The molecule has 1 aliphatic rings. The van der Waals surface area contributed by atoms with Gasteiger partial charge in [0.1, 0.15) is 24.6 Å². The number of carbonyl (C=O) groups is 1. The number of ether oxygens (including phenoxy) is 1. The Morgan fingerprint density at radius 1 is 1.50 bits per heavy atom. The van der Waals surface area contributed by atoms with Crippen LogP contribution in [0.1, 0.15) is 16.8 Å². The van der Waals surface area contributed by atoms with Crippen LogP contribution in [0.5, 0.6) is 0 Å². The van der Waals surface area contributed by atoms with Gasteiger partial charge in [0.25, 0.3) is 5.91 Å². The van der Waals surface area contributed by atoms with E-state index >= 15 is 0 Å². The van der Waals surface area contributed by atoms with Gasteiger partial charge in [-0.2, -0.15) is 0 Å².